The number of nitrogens with zero attached hydrogens (tertiary/aromatic N) is 5. The van der Waals surface area contributed by atoms with E-state index in [1.165, 1.54) is 39.9 Å². The number of aromatic nitrogens is 5. The Morgan fingerprint density at radius 3 is 2.62 bits per heavy atom. The van der Waals surface area contributed by atoms with Crippen LogP contribution in [0.15, 0.2) is 56.9 Å². The second kappa shape index (κ2) is 6.59. The summed E-state index contributed by atoms with van der Waals surface area (Å²) in [5, 5.41) is 17.8. The van der Waals surface area contributed by atoms with E-state index >= 15 is 0 Å². The van der Waals surface area contributed by atoms with E-state index in [4.69, 9.17) is 16.7 Å². The number of thiazole rings is 1. The van der Waals surface area contributed by atoms with Gasteiger partial charge in [0.1, 0.15) is 5.52 Å². The molecule has 0 unspecified atom stereocenters. The third kappa shape index (κ3) is 3.31. The van der Waals surface area contributed by atoms with Gasteiger partial charge in [0.2, 0.25) is 15.2 Å². The highest BCUT2D eigenvalue weighted by atomic mass is 35.5. The fourth-order valence-electron chi connectivity index (χ4n) is 2.20. The van der Waals surface area contributed by atoms with Crippen LogP contribution >= 0.6 is 34.7 Å². The monoisotopic (exact) mass is 424 g/mol. The predicted molar refractivity (Wildman–Crippen MR) is 99.3 cm³/mol. The molecule has 0 atom stereocenters. The van der Waals surface area contributed by atoms with E-state index < -0.39 is 10.0 Å². The fraction of sp³-hybridized carbons (Fsp3) is 0. The van der Waals surface area contributed by atoms with Gasteiger partial charge in [0, 0.05) is 0 Å². The second-order valence-electron chi connectivity index (χ2n) is 5.08. The number of benzene rings is 2. The Bertz CT molecular complexity index is 1200. The van der Waals surface area contributed by atoms with Crippen molar-refractivity contribution in [1.82, 2.24) is 25.2 Å². The minimum absolute atomic E-state index is 0.0179. The zero-order valence-electron chi connectivity index (χ0n) is 12.8. The lowest BCUT2D eigenvalue weighted by Crippen LogP contribution is -2.12. The van der Waals surface area contributed by atoms with Crippen LogP contribution < -0.4 is 5.14 Å². The number of hydrogen-bond donors (Lipinski definition) is 1. The SMILES string of the molecule is NS(=O)(=O)c1ccc(-n2nnnc2Sc2nc3c(Cl)cccc3s2)cc1. The summed E-state index contributed by atoms with van der Waals surface area (Å²) in [6.07, 6.45) is 0. The number of nitrogens with two attached hydrogens (primary N) is 1. The first-order valence-electron chi connectivity index (χ1n) is 7.06. The maximum atomic E-state index is 11.4. The highest BCUT2D eigenvalue weighted by molar-refractivity contribution is 8.01. The number of halogens is 1. The van der Waals surface area contributed by atoms with Crippen LogP contribution in [0.2, 0.25) is 5.02 Å². The highest BCUT2D eigenvalue weighted by Crippen LogP contribution is 2.36. The molecule has 4 aromatic rings. The lowest BCUT2D eigenvalue weighted by molar-refractivity contribution is 0.597. The van der Waals surface area contributed by atoms with E-state index in [0.29, 0.717) is 15.9 Å². The Morgan fingerprint density at radius 1 is 1.15 bits per heavy atom. The Morgan fingerprint density at radius 2 is 1.92 bits per heavy atom. The summed E-state index contributed by atoms with van der Waals surface area (Å²) in [7, 11) is -3.75. The second-order valence-corrected chi connectivity index (χ2v) is 9.29. The fourth-order valence-corrected chi connectivity index (χ4v) is 4.97. The standard InChI is InChI=1S/C14H9ClN6O2S3/c15-10-2-1-3-11-12(10)17-14(24-11)25-13-18-19-20-21(13)8-4-6-9(7-5-8)26(16,22)23/h1-7H,(H2,16,22,23). The van der Waals surface area contributed by atoms with Gasteiger partial charge < -0.3 is 0 Å². The topological polar surface area (TPSA) is 117 Å². The zero-order chi connectivity index (χ0) is 18.3. The molecule has 0 saturated heterocycles. The summed E-state index contributed by atoms with van der Waals surface area (Å²) in [4.78, 5) is 4.53. The van der Waals surface area contributed by atoms with Crippen LogP contribution in [0.25, 0.3) is 15.9 Å². The molecular formula is C14H9ClN6O2S3. The van der Waals surface area contributed by atoms with Gasteiger partial charge in [0.05, 0.1) is 20.3 Å². The lowest BCUT2D eigenvalue weighted by atomic mass is 10.3. The first kappa shape index (κ1) is 17.4. The van der Waals surface area contributed by atoms with Crippen LogP contribution in [0.1, 0.15) is 0 Å². The molecule has 2 aromatic carbocycles. The maximum Gasteiger partial charge on any atom is 0.238 e. The van der Waals surface area contributed by atoms with Crippen molar-refractivity contribution < 1.29 is 8.42 Å². The van der Waals surface area contributed by atoms with Crippen LogP contribution in [-0.4, -0.2) is 33.6 Å². The third-order valence-corrected chi connectivity index (χ3v) is 6.63. The van der Waals surface area contributed by atoms with Crippen molar-refractivity contribution in [3.05, 3.63) is 47.5 Å². The van der Waals surface area contributed by atoms with Crippen LogP contribution in [0.3, 0.4) is 0 Å². The van der Waals surface area contributed by atoms with Gasteiger partial charge in [0.15, 0.2) is 4.34 Å². The molecule has 0 saturated carbocycles. The van der Waals surface area contributed by atoms with Crippen LogP contribution in [-0.2, 0) is 10.0 Å². The quantitative estimate of drug-likeness (QED) is 0.535. The molecule has 2 aromatic heterocycles. The molecule has 2 heterocycles. The number of rotatable bonds is 4. The molecule has 132 valence electrons. The third-order valence-electron chi connectivity index (χ3n) is 3.38. The molecule has 0 bridgehead atoms. The van der Waals surface area contributed by atoms with Crippen molar-refractivity contribution in [2.45, 2.75) is 14.4 Å². The van der Waals surface area contributed by atoms with E-state index in [1.807, 2.05) is 12.1 Å². The lowest BCUT2D eigenvalue weighted by Gasteiger charge is -2.04. The van der Waals surface area contributed by atoms with Crippen LogP contribution in [0, 0.1) is 0 Å². The van der Waals surface area contributed by atoms with E-state index in [1.54, 1.807) is 18.2 Å². The molecule has 8 nitrogen and oxygen atoms in total. The number of fused-ring (bicyclic) bond motifs is 1. The number of hydrogen-bond acceptors (Lipinski definition) is 8. The number of para-hydroxylation sites is 1. The normalized spacial score (nSPS) is 11.9. The molecule has 0 radical (unpaired) electrons. The molecule has 0 spiro atoms. The first-order chi connectivity index (χ1) is 12.4. The number of tetrazole rings is 1. The molecular weight excluding hydrogens is 416 g/mol. The molecule has 0 aliphatic heterocycles. The van der Waals surface area contributed by atoms with Gasteiger partial charge in [-0.1, -0.05) is 17.7 Å². The summed E-state index contributed by atoms with van der Waals surface area (Å²) in [6, 6.07) is 11.6. The summed E-state index contributed by atoms with van der Waals surface area (Å²) >= 11 is 8.94. The Kier molecular flexibility index (Phi) is 4.40. The average Bonchev–Trinajstić information content (AvgIpc) is 3.22. The first-order valence-corrected chi connectivity index (χ1v) is 10.6. The van der Waals surface area contributed by atoms with E-state index in [0.717, 1.165) is 14.6 Å². The summed E-state index contributed by atoms with van der Waals surface area (Å²) in [6.45, 7) is 0. The van der Waals surface area contributed by atoms with Gasteiger partial charge in [-0.3, -0.25) is 0 Å². The molecule has 0 aliphatic carbocycles. The smallest absolute Gasteiger partial charge is 0.228 e. The van der Waals surface area contributed by atoms with Gasteiger partial charge in [-0.2, -0.15) is 4.68 Å². The number of sulfonamides is 1. The van der Waals surface area contributed by atoms with Gasteiger partial charge in [0.25, 0.3) is 0 Å². The van der Waals surface area contributed by atoms with Gasteiger partial charge in [-0.15, -0.1) is 16.4 Å². The summed E-state index contributed by atoms with van der Waals surface area (Å²) < 4.78 is 25.9. The highest BCUT2D eigenvalue weighted by Gasteiger charge is 2.15. The Labute approximate surface area is 161 Å². The minimum Gasteiger partial charge on any atom is -0.228 e. The molecule has 12 heteroatoms. The zero-order valence-corrected chi connectivity index (χ0v) is 16.0. The largest absolute Gasteiger partial charge is 0.238 e. The van der Waals surface area contributed by atoms with Crippen molar-refractivity contribution in [2.75, 3.05) is 0 Å². The van der Waals surface area contributed by atoms with Crippen molar-refractivity contribution in [3.8, 4) is 5.69 Å². The van der Waals surface area contributed by atoms with Crippen molar-refractivity contribution in [2.24, 2.45) is 5.14 Å². The van der Waals surface area contributed by atoms with Gasteiger partial charge in [-0.25, -0.2) is 18.5 Å². The molecule has 0 aliphatic rings. The van der Waals surface area contributed by atoms with Gasteiger partial charge >= 0.3 is 0 Å². The maximum absolute atomic E-state index is 11.4. The van der Waals surface area contributed by atoms with Crippen molar-refractivity contribution in [3.63, 3.8) is 0 Å². The van der Waals surface area contributed by atoms with Gasteiger partial charge in [-0.05, 0) is 58.6 Å². The van der Waals surface area contributed by atoms with Crippen LogP contribution in [0.4, 0.5) is 0 Å². The molecule has 2 N–H and O–H groups in total. The molecule has 26 heavy (non-hydrogen) atoms. The summed E-state index contributed by atoms with van der Waals surface area (Å²) in [5.41, 5.74) is 1.34. The van der Waals surface area contributed by atoms with E-state index in [9.17, 15) is 8.42 Å². The molecule has 4 rings (SSSR count). The minimum atomic E-state index is -3.75. The van der Waals surface area contributed by atoms with Crippen molar-refractivity contribution >= 4 is 54.9 Å². The Balaban J connectivity index is 1.67. The summed E-state index contributed by atoms with van der Waals surface area (Å²) in [5.74, 6) is 0. The Hall–Kier alpha value is -2.05. The average molecular weight is 425 g/mol. The van der Waals surface area contributed by atoms with E-state index in [2.05, 4.69) is 20.5 Å². The predicted octanol–water partition coefficient (Wildman–Crippen LogP) is 2.72. The van der Waals surface area contributed by atoms with E-state index in [-0.39, 0.29) is 4.90 Å². The van der Waals surface area contributed by atoms with Crippen LogP contribution in [0.5, 0.6) is 0 Å². The molecule has 0 amide bonds. The molecule has 0 fully saturated rings. The van der Waals surface area contributed by atoms with Crippen molar-refractivity contribution in [1.29, 1.82) is 0 Å². The number of primary sulfonamides is 1.